The van der Waals surface area contributed by atoms with Crippen molar-refractivity contribution in [3.05, 3.63) is 29.8 Å². The second-order valence-electron chi connectivity index (χ2n) is 2.79. The van der Waals surface area contributed by atoms with Crippen LogP contribution in [-0.4, -0.2) is 4.46 Å². The van der Waals surface area contributed by atoms with Crippen molar-refractivity contribution in [1.82, 2.24) is 0 Å². The molecule has 0 fully saturated rings. The maximum atomic E-state index is 6.04. The van der Waals surface area contributed by atoms with Gasteiger partial charge in [0.05, 0.1) is 5.69 Å². The standard InChI is InChI=1S/C8H5Cl4N/c9-7-5-3-1-2-4-6(5)13(12)8(7,10)11/h1-4,7H. The van der Waals surface area contributed by atoms with E-state index < -0.39 is 9.83 Å². The second-order valence-corrected chi connectivity index (χ2v) is 4.91. The van der Waals surface area contributed by atoms with Crippen molar-refractivity contribution in [1.29, 1.82) is 0 Å². The van der Waals surface area contributed by atoms with Gasteiger partial charge in [-0.25, -0.2) is 4.42 Å². The summed E-state index contributed by atoms with van der Waals surface area (Å²) in [5.41, 5.74) is 1.61. The molecular formula is C8H5Cl4N. The van der Waals surface area contributed by atoms with Crippen LogP contribution in [0.2, 0.25) is 0 Å². The number of nitrogens with zero attached hydrogens (tertiary/aromatic N) is 1. The minimum absolute atomic E-state index is 0.510. The van der Waals surface area contributed by atoms with Gasteiger partial charge in [-0.3, -0.25) is 0 Å². The van der Waals surface area contributed by atoms with E-state index in [4.69, 9.17) is 46.6 Å². The first-order valence-electron chi connectivity index (χ1n) is 3.62. The number of benzene rings is 1. The quantitative estimate of drug-likeness (QED) is 0.384. The molecule has 0 amide bonds. The van der Waals surface area contributed by atoms with Gasteiger partial charge >= 0.3 is 0 Å². The molecule has 70 valence electrons. The summed E-state index contributed by atoms with van der Waals surface area (Å²) in [6, 6.07) is 7.40. The van der Waals surface area contributed by atoms with Crippen molar-refractivity contribution in [3.63, 3.8) is 0 Å². The van der Waals surface area contributed by atoms with Crippen molar-refractivity contribution < 1.29 is 0 Å². The highest BCUT2D eigenvalue weighted by atomic mass is 35.5. The van der Waals surface area contributed by atoms with Crippen LogP contribution in [0.25, 0.3) is 0 Å². The lowest BCUT2D eigenvalue weighted by molar-refractivity contribution is 0.843. The topological polar surface area (TPSA) is 3.24 Å². The SMILES string of the molecule is ClC1c2ccccc2N(Cl)C1(Cl)Cl. The number of para-hydroxylation sites is 1. The summed E-state index contributed by atoms with van der Waals surface area (Å²) in [5.74, 6) is 0. The van der Waals surface area contributed by atoms with Crippen LogP contribution in [0, 0.1) is 0 Å². The van der Waals surface area contributed by atoms with Gasteiger partial charge in [0.1, 0.15) is 5.38 Å². The average molecular weight is 257 g/mol. The summed E-state index contributed by atoms with van der Waals surface area (Å²) < 4.78 is -0.0179. The minimum Gasteiger partial charge on any atom is -0.248 e. The van der Waals surface area contributed by atoms with Crippen LogP contribution in [0.15, 0.2) is 24.3 Å². The molecule has 0 radical (unpaired) electrons. The van der Waals surface area contributed by atoms with Crippen molar-refractivity contribution >= 4 is 52.3 Å². The Morgan fingerprint density at radius 1 is 1.23 bits per heavy atom. The third kappa shape index (κ3) is 1.30. The fraction of sp³-hybridized carbons (Fsp3) is 0.250. The van der Waals surface area contributed by atoms with Gasteiger partial charge in [0.2, 0.25) is 4.46 Å². The van der Waals surface area contributed by atoms with E-state index in [1.807, 2.05) is 24.3 Å². The summed E-state index contributed by atoms with van der Waals surface area (Å²) in [6.07, 6.45) is 0. The molecule has 1 unspecified atom stereocenters. The Morgan fingerprint density at radius 2 is 1.85 bits per heavy atom. The lowest BCUT2D eigenvalue weighted by Crippen LogP contribution is -2.29. The van der Waals surface area contributed by atoms with E-state index in [9.17, 15) is 0 Å². The van der Waals surface area contributed by atoms with Gasteiger partial charge in [0, 0.05) is 11.8 Å². The number of fused-ring (bicyclic) bond motifs is 1. The van der Waals surface area contributed by atoms with Gasteiger partial charge in [-0.2, -0.15) is 0 Å². The molecule has 0 N–H and O–H groups in total. The lowest BCUT2D eigenvalue weighted by atomic mass is 10.2. The van der Waals surface area contributed by atoms with Crippen LogP contribution in [0.3, 0.4) is 0 Å². The molecule has 1 heterocycles. The third-order valence-electron chi connectivity index (χ3n) is 1.99. The summed E-state index contributed by atoms with van der Waals surface area (Å²) in [6.45, 7) is 0. The molecule has 1 nitrogen and oxygen atoms in total. The Hall–Kier alpha value is 0.180. The fourth-order valence-electron chi connectivity index (χ4n) is 1.33. The Kier molecular flexibility index (Phi) is 2.31. The molecule has 2 rings (SSSR count). The number of hydrogen-bond donors (Lipinski definition) is 0. The van der Waals surface area contributed by atoms with Crippen LogP contribution in [0.1, 0.15) is 10.9 Å². The molecule has 1 aromatic rings. The molecule has 1 aliphatic heterocycles. The molecule has 5 heteroatoms. The van der Waals surface area contributed by atoms with Crippen LogP contribution >= 0.6 is 46.6 Å². The first-order chi connectivity index (χ1) is 6.05. The molecule has 1 aliphatic rings. The number of anilines is 1. The molecule has 0 aromatic heterocycles. The van der Waals surface area contributed by atoms with Crippen molar-refractivity contribution in [3.8, 4) is 0 Å². The first kappa shape index (κ1) is 9.72. The Labute approximate surface area is 96.2 Å². The molecule has 0 saturated carbocycles. The number of hydrogen-bond acceptors (Lipinski definition) is 1. The van der Waals surface area contributed by atoms with E-state index in [0.29, 0.717) is 0 Å². The second kappa shape index (κ2) is 3.09. The van der Waals surface area contributed by atoms with Gasteiger partial charge in [0.25, 0.3) is 0 Å². The molecule has 0 bridgehead atoms. The van der Waals surface area contributed by atoms with Gasteiger partial charge in [-0.05, 0) is 11.6 Å². The maximum absolute atomic E-state index is 6.04. The first-order valence-corrected chi connectivity index (χ1v) is 5.15. The van der Waals surface area contributed by atoms with E-state index in [1.165, 1.54) is 4.42 Å². The van der Waals surface area contributed by atoms with Gasteiger partial charge in [-0.1, -0.05) is 41.4 Å². The van der Waals surface area contributed by atoms with Crippen molar-refractivity contribution in [2.75, 3.05) is 4.42 Å². The molecule has 1 aromatic carbocycles. The zero-order chi connectivity index (χ0) is 9.64. The van der Waals surface area contributed by atoms with E-state index >= 15 is 0 Å². The lowest BCUT2D eigenvalue weighted by Gasteiger charge is -2.23. The van der Waals surface area contributed by atoms with Crippen molar-refractivity contribution in [2.45, 2.75) is 9.83 Å². The Bertz CT molecular complexity index is 308. The fourth-order valence-corrected chi connectivity index (χ4v) is 2.33. The highest BCUT2D eigenvalue weighted by Crippen LogP contribution is 2.55. The molecule has 0 saturated heterocycles. The number of alkyl halides is 3. The highest BCUT2D eigenvalue weighted by molar-refractivity contribution is 6.58. The third-order valence-corrected chi connectivity index (χ3v) is 4.16. The summed E-state index contributed by atoms with van der Waals surface area (Å²) in [5, 5.41) is -0.510. The number of rotatable bonds is 0. The normalized spacial score (nSPS) is 24.6. The monoisotopic (exact) mass is 255 g/mol. The minimum atomic E-state index is -1.27. The zero-order valence-corrected chi connectivity index (χ0v) is 9.37. The van der Waals surface area contributed by atoms with Crippen LogP contribution in [0.4, 0.5) is 5.69 Å². The van der Waals surface area contributed by atoms with E-state index in [2.05, 4.69) is 0 Å². The molecule has 1 atom stereocenters. The Morgan fingerprint density at radius 3 is 2.46 bits per heavy atom. The summed E-state index contributed by atoms with van der Waals surface area (Å²) in [7, 11) is 0. The maximum Gasteiger partial charge on any atom is 0.224 e. The van der Waals surface area contributed by atoms with Crippen molar-refractivity contribution in [2.24, 2.45) is 0 Å². The Balaban J connectivity index is 2.57. The summed E-state index contributed by atoms with van der Waals surface area (Å²) >= 11 is 23.9. The zero-order valence-electron chi connectivity index (χ0n) is 6.35. The largest absolute Gasteiger partial charge is 0.248 e. The number of halogens is 4. The summed E-state index contributed by atoms with van der Waals surface area (Å²) in [4.78, 5) is 0. The molecular weight excluding hydrogens is 252 g/mol. The van der Waals surface area contributed by atoms with Gasteiger partial charge < -0.3 is 0 Å². The van der Waals surface area contributed by atoms with Crippen LogP contribution < -0.4 is 4.42 Å². The predicted octanol–water partition coefficient (Wildman–Crippen LogP) is 4.07. The van der Waals surface area contributed by atoms with E-state index in [1.54, 1.807) is 0 Å². The highest BCUT2D eigenvalue weighted by Gasteiger charge is 2.48. The van der Waals surface area contributed by atoms with Crippen LogP contribution in [0.5, 0.6) is 0 Å². The predicted molar refractivity (Wildman–Crippen MR) is 57.8 cm³/mol. The molecule has 13 heavy (non-hydrogen) atoms. The average Bonchev–Trinajstić information content (AvgIpc) is 2.30. The smallest absolute Gasteiger partial charge is 0.224 e. The van der Waals surface area contributed by atoms with E-state index in [0.717, 1.165) is 11.3 Å². The van der Waals surface area contributed by atoms with Gasteiger partial charge in [0.15, 0.2) is 0 Å². The van der Waals surface area contributed by atoms with Gasteiger partial charge in [-0.15, -0.1) is 11.6 Å². The molecule has 0 aliphatic carbocycles. The van der Waals surface area contributed by atoms with Crippen LogP contribution in [-0.2, 0) is 0 Å². The molecule has 0 spiro atoms. The van der Waals surface area contributed by atoms with E-state index in [-0.39, 0.29) is 0 Å².